The summed E-state index contributed by atoms with van der Waals surface area (Å²) in [6, 6.07) is -6.23. The van der Waals surface area contributed by atoms with Gasteiger partial charge in [-0.25, -0.2) is 20.0 Å². The van der Waals surface area contributed by atoms with E-state index in [2.05, 4.69) is 41.2 Å². The average molecular weight is 729 g/mol. The molecule has 0 radical (unpaired) electrons. The highest BCUT2D eigenvalue weighted by Gasteiger charge is 2.46. The van der Waals surface area contributed by atoms with E-state index in [1.165, 1.54) is 0 Å². The Morgan fingerprint density at radius 1 is 0.385 bits per heavy atom. The van der Waals surface area contributed by atoms with Gasteiger partial charge in [0.25, 0.3) is 0 Å². The quantitative estimate of drug-likeness (QED) is 0.332. The summed E-state index contributed by atoms with van der Waals surface area (Å²) in [5, 5.41) is 12.1. The number of nitrogens with one attached hydrogen (secondary N) is 4. The van der Waals surface area contributed by atoms with E-state index >= 15 is 0 Å². The third-order valence-corrected chi connectivity index (χ3v) is 10.1. The minimum absolute atomic E-state index is 0.148. The number of fused-ring (bicyclic) bond motifs is 4. The molecule has 288 valence electrons. The Hall–Kier alpha value is -4.24. The fourth-order valence-corrected chi connectivity index (χ4v) is 6.82. The van der Waals surface area contributed by atoms with Crippen molar-refractivity contribution in [1.29, 1.82) is 0 Å². The SMILES string of the molecule is CC(C)C1NC(=O)C2N=C(OC2C)C(C(C)C)NC(=O)C2N=C(OC2C)C(C(C)C)NC(=O)C2N=C(OC2C)C(C(C)C)NC(=O)C2N=C1OC2C. The Kier molecular flexibility index (Phi) is 11.5. The molecule has 0 aromatic rings. The number of hydrogen-bond donors (Lipinski definition) is 4. The number of carbonyl (C=O) groups excluding carboxylic acids is 4. The third-order valence-electron chi connectivity index (χ3n) is 10.1. The summed E-state index contributed by atoms with van der Waals surface area (Å²) in [6.45, 7) is 22.3. The van der Waals surface area contributed by atoms with Crippen molar-refractivity contribution in [3.8, 4) is 0 Å². The zero-order valence-electron chi connectivity index (χ0n) is 32.3. The van der Waals surface area contributed by atoms with Gasteiger partial charge in [0.15, 0.2) is 24.2 Å². The van der Waals surface area contributed by atoms with Gasteiger partial charge in [-0.3, -0.25) is 19.2 Å². The van der Waals surface area contributed by atoms with Crippen LogP contribution >= 0.6 is 0 Å². The minimum atomic E-state index is -0.905. The molecule has 0 fully saturated rings. The molecule has 5 heterocycles. The molecule has 16 nitrogen and oxygen atoms in total. The van der Waals surface area contributed by atoms with Crippen LogP contribution in [-0.2, 0) is 38.1 Å². The maximum atomic E-state index is 13.8. The third kappa shape index (κ3) is 7.89. The van der Waals surface area contributed by atoms with Crippen LogP contribution in [0.1, 0.15) is 83.1 Å². The molecule has 0 aliphatic carbocycles. The highest BCUT2D eigenvalue weighted by Crippen LogP contribution is 2.26. The topological polar surface area (TPSA) is 203 Å². The first kappa shape index (κ1) is 39.0. The van der Waals surface area contributed by atoms with Crippen molar-refractivity contribution in [1.82, 2.24) is 21.3 Å². The van der Waals surface area contributed by atoms with Gasteiger partial charge >= 0.3 is 0 Å². The number of ether oxygens (including phenoxy) is 4. The van der Waals surface area contributed by atoms with Crippen LogP contribution in [0, 0.1) is 23.7 Å². The molecule has 0 aromatic heterocycles. The molecule has 12 atom stereocenters. The van der Waals surface area contributed by atoms with Crippen molar-refractivity contribution < 1.29 is 38.1 Å². The highest BCUT2D eigenvalue weighted by molar-refractivity contribution is 6.00. The summed E-state index contributed by atoms with van der Waals surface area (Å²) in [5.41, 5.74) is 0. The van der Waals surface area contributed by atoms with Gasteiger partial charge in [0, 0.05) is 0 Å². The first-order valence-corrected chi connectivity index (χ1v) is 18.6. The minimum Gasteiger partial charge on any atom is -0.474 e. The summed E-state index contributed by atoms with van der Waals surface area (Å²) >= 11 is 0. The van der Waals surface area contributed by atoms with Gasteiger partial charge in [-0.15, -0.1) is 0 Å². The predicted molar refractivity (Wildman–Crippen MR) is 194 cm³/mol. The number of rotatable bonds is 4. The van der Waals surface area contributed by atoms with Gasteiger partial charge in [-0.05, 0) is 51.4 Å². The van der Waals surface area contributed by atoms with E-state index in [1.807, 2.05) is 55.4 Å². The van der Waals surface area contributed by atoms with Crippen LogP contribution in [0.4, 0.5) is 0 Å². The number of hydrogen-bond acceptors (Lipinski definition) is 12. The Balaban J connectivity index is 1.53. The van der Waals surface area contributed by atoms with E-state index < -0.39 is 96.4 Å². The molecule has 0 saturated heterocycles. The molecule has 0 aromatic carbocycles. The van der Waals surface area contributed by atoms with E-state index in [0.29, 0.717) is 0 Å². The zero-order valence-corrected chi connectivity index (χ0v) is 32.3. The van der Waals surface area contributed by atoms with Crippen molar-refractivity contribution in [2.24, 2.45) is 43.6 Å². The van der Waals surface area contributed by atoms with Crippen LogP contribution in [0.15, 0.2) is 20.0 Å². The lowest BCUT2D eigenvalue weighted by atomic mass is 10.0. The molecular weight excluding hydrogens is 672 g/mol. The molecule has 4 N–H and O–H groups in total. The number of carbonyl (C=O) groups is 4. The Labute approximate surface area is 305 Å². The van der Waals surface area contributed by atoms with Crippen molar-refractivity contribution in [3.63, 3.8) is 0 Å². The van der Waals surface area contributed by atoms with Gasteiger partial charge in [0.05, 0.1) is 0 Å². The second kappa shape index (κ2) is 15.4. The monoisotopic (exact) mass is 728 g/mol. The Bertz CT molecular complexity index is 1320. The standard InChI is InChI=1S/C36H56N8O8/c1-13(2)21-33-41-26(17(9)49-33)30(46)38-23(15(5)6)35-43-28(19(11)51-35)32(48)40-24(16(7)8)36-44-27(20(12)52-36)31(47)39-22(14(3)4)34-42-25(18(10)50-34)29(45)37-21/h13-28H,1-12H3,(H,37,45)(H,38,46)(H,39,47)(H,40,48). The van der Waals surface area contributed by atoms with Crippen LogP contribution in [0.2, 0.25) is 0 Å². The number of nitrogens with zero attached hydrogens (tertiary/aromatic N) is 4. The molecule has 5 rings (SSSR count). The molecule has 5 aliphatic heterocycles. The first-order valence-electron chi connectivity index (χ1n) is 18.6. The summed E-state index contributed by atoms with van der Waals surface area (Å²) in [5.74, 6) is -1.23. The molecular formula is C36H56N8O8. The van der Waals surface area contributed by atoms with Crippen LogP contribution in [0.5, 0.6) is 0 Å². The normalized spacial score (nSPS) is 37.1. The molecule has 0 spiro atoms. The predicted octanol–water partition coefficient (Wildman–Crippen LogP) is 1.31. The van der Waals surface area contributed by atoms with Gasteiger partial charge in [0.1, 0.15) is 48.6 Å². The molecule has 8 bridgehead atoms. The van der Waals surface area contributed by atoms with Crippen LogP contribution in [0.25, 0.3) is 0 Å². The van der Waals surface area contributed by atoms with Gasteiger partial charge in [0.2, 0.25) is 47.2 Å². The molecule has 4 amide bonds. The summed E-state index contributed by atoms with van der Waals surface area (Å²) in [4.78, 5) is 73.7. The van der Waals surface area contributed by atoms with Crippen molar-refractivity contribution >= 4 is 47.2 Å². The lowest BCUT2D eigenvalue weighted by Crippen LogP contribution is -2.50. The lowest BCUT2D eigenvalue weighted by Gasteiger charge is -2.25. The Morgan fingerprint density at radius 2 is 0.558 bits per heavy atom. The zero-order chi connectivity index (χ0) is 38.3. The van der Waals surface area contributed by atoms with Crippen molar-refractivity contribution in [3.05, 3.63) is 0 Å². The van der Waals surface area contributed by atoms with Crippen molar-refractivity contribution in [2.45, 2.75) is 156 Å². The lowest BCUT2D eigenvalue weighted by molar-refractivity contribution is -0.125. The van der Waals surface area contributed by atoms with E-state index in [0.717, 1.165) is 0 Å². The first-order chi connectivity index (χ1) is 24.4. The van der Waals surface area contributed by atoms with Gasteiger partial charge in [-0.2, -0.15) is 0 Å². The van der Waals surface area contributed by atoms with Crippen LogP contribution < -0.4 is 21.3 Å². The Morgan fingerprint density at radius 3 is 0.712 bits per heavy atom. The largest absolute Gasteiger partial charge is 0.474 e. The van der Waals surface area contributed by atoms with Crippen LogP contribution in [-0.4, -0.2) is 120 Å². The van der Waals surface area contributed by atoms with Gasteiger partial charge < -0.3 is 40.2 Å². The molecule has 0 saturated carbocycles. The smallest absolute Gasteiger partial charge is 0.249 e. The van der Waals surface area contributed by atoms with Gasteiger partial charge in [-0.1, -0.05) is 55.4 Å². The van der Waals surface area contributed by atoms with E-state index in [9.17, 15) is 19.2 Å². The second-order valence-electron chi connectivity index (χ2n) is 15.9. The highest BCUT2D eigenvalue weighted by atomic mass is 16.5. The molecule has 16 heteroatoms. The number of amides is 4. The molecule has 5 aliphatic rings. The molecule has 52 heavy (non-hydrogen) atoms. The maximum Gasteiger partial charge on any atom is 0.249 e. The fourth-order valence-electron chi connectivity index (χ4n) is 6.82. The summed E-state index contributed by atoms with van der Waals surface area (Å²) in [7, 11) is 0. The van der Waals surface area contributed by atoms with Crippen LogP contribution in [0.3, 0.4) is 0 Å². The molecule has 12 unspecified atom stereocenters. The van der Waals surface area contributed by atoms with E-state index in [4.69, 9.17) is 18.9 Å². The van der Waals surface area contributed by atoms with Crippen molar-refractivity contribution in [2.75, 3.05) is 0 Å². The average Bonchev–Trinajstić information content (AvgIpc) is 3.83. The fraction of sp³-hybridized carbons (Fsp3) is 0.778. The second-order valence-corrected chi connectivity index (χ2v) is 15.9. The maximum absolute atomic E-state index is 13.8. The van der Waals surface area contributed by atoms with E-state index in [-0.39, 0.29) is 47.3 Å². The van der Waals surface area contributed by atoms with E-state index in [1.54, 1.807) is 27.7 Å². The number of aliphatic imine (C=N–C) groups is 4. The summed E-state index contributed by atoms with van der Waals surface area (Å²) < 4.78 is 24.4. The summed E-state index contributed by atoms with van der Waals surface area (Å²) in [6.07, 6.45) is -2.48.